The molecule has 0 spiro atoms. The van der Waals surface area contributed by atoms with Crippen LogP contribution in [-0.2, 0) is 6.42 Å². The second kappa shape index (κ2) is 3.49. The van der Waals surface area contributed by atoms with Crippen molar-refractivity contribution in [2.24, 2.45) is 0 Å². The number of hydrogen-bond donors (Lipinski definition) is 1. The standard InChI is InChI=1S/C10H10N2O2/c1-2-7-6-9(13)12-10(11-7)8-4-3-5-14-8/h3-6H,2H2,1H3,(H,11,12,13). The van der Waals surface area contributed by atoms with Crippen LogP contribution in [0.2, 0.25) is 0 Å². The smallest absolute Gasteiger partial charge is 0.251 e. The monoisotopic (exact) mass is 190 g/mol. The fourth-order valence-electron chi connectivity index (χ4n) is 1.22. The fourth-order valence-corrected chi connectivity index (χ4v) is 1.22. The Hall–Kier alpha value is -1.84. The lowest BCUT2D eigenvalue weighted by Crippen LogP contribution is -2.09. The van der Waals surface area contributed by atoms with Crippen LogP contribution < -0.4 is 5.56 Å². The summed E-state index contributed by atoms with van der Waals surface area (Å²) in [6.45, 7) is 1.95. The maximum Gasteiger partial charge on any atom is 0.251 e. The van der Waals surface area contributed by atoms with E-state index in [1.807, 2.05) is 6.92 Å². The molecule has 0 bridgehead atoms. The number of aromatic amines is 1. The first-order valence-electron chi connectivity index (χ1n) is 4.43. The number of H-pyrrole nitrogens is 1. The van der Waals surface area contributed by atoms with Crippen molar-refractivity contribution in [2.45, 2.75) is 13.3 Å². The molecule has 0 aliphatic rings. The van der Waals surface area contributed by atoms with Gasteiger partial charge in [0, 0.05) is 11.8 Å². The van der Waals surface area contributed by atoms with Gasteiger partial charge in [0.15, 0.2) is 11.6 Å². The van der Waals surface area contributed by atoms with Crippen LogP contribution in [0.5, 0.6) is 0 Å². The van der Waals surface area contributed by atoms with E-state index in [0.29, 0.717) is 11.6 Å². The first-order chi connectivity index (χ1) is 6.79. The Morgan fingerprint density at radius 3 is 3.07 bits per heavy atom. The molecule has 0 aliphatic heterocycles. The Kier molecular flexibility index (Phi) is 2.18. The molecule has 0 radical (unpaired) electrons. The van der Waals surface area contributed by atoms with Crippen molar-refractivity contribution in [3.05, 3.63) is 40.5 Å². The van der Waals surface area contributed by atoms with E-state index in [0.717, 1.165) is 12.1 Å². The van der Waals surface area contributed by atoms with Gasteiger partial charge in [-0.05, 0) is 18.6 Å². The summed E-state index contributed by atoms with van der Waals surface area (Å²) in [5.41, 5.74) is 0.614. The van der Waals surface area contributed by atoms with Gasteiger partial charge in [-0.2, -0.15) is 0 Å². The van der Waals surface area contributed by atoms with Gasteiger partial charge in [-0.15, -0.1) is 0 Å². The molecule has 0 saturated heterocycles. The summed E-state index contributed by atoms with van der Waals surface area (Å²) in [5.74, 6) is 1.07. The maximum atomic E-state index is 11.2. The number of furan rings is 1. The highest BCUT2D eigenvalue weighted by Gasteiger charge is 2.04. The van der Waals surface area contributed by atoms with Gasteiger partial charge in [-0.25, -0.2) is 4.98 Å². The second-order valence-electron chi connectivity index (χ2n) is 2.92. The van der Waals surface area contributed by atoms with Gasteiger partial charge in [0.05, 0.1) is 6.26 Å². The predicted molar refractivity (Wildman–Crippen MR) is 51.9 cm³/mol. The van der Waals surface area contributed by atoms with Gasteiger partial charge < -0.3 is 9.40 Å². The average molecular weight is 190 g/mol. The van der Waals surface area contributed by atoms with Crippen LogP contribution in [0.15, 0.2) is 33.7 Å². The molecule has 72 valence electrons. The first-order valence-corrected chi connectivity index (χ1v) is 4.43. The first kappa shape index (κ1) is 8.74. The fraction of sp³-hybridized carbons (Fsp3) is 0.200. The van der Waals surface area contributed by atoms with Crippen molar-refractivity contribution in [1.29, 1.82) is 0 Å². The van der Waals surface area contributed by atoms with Crippen LogP contribution in [0.25, 0.3) is 11.6 Å². The summed E-state index contributed by atoms with van der Waals surface area (Å²) in [6, 6.07) is 5.01. The summed E-state index contributed by atoms with van der Waals surface area (Å²) in [6.07, 6.45) is 2.28. The Bertz CT molecular complexity index is 471. The summed E-state index contributed by atoms with van der Waals surface area (Å²) in [5, 5.41) is 0. The third kappa shape index (κ3) is 1.59. The molecule has 4 heteroatoms. The molecule has 0 aromatic carbocycles. The van der Waals surface area contributed by atoms with Crippen molar-refractivity contribution in [2.75, 3.05) is 0 Å². The van der Waals surface area contributed by atoms with Crippen molar-refractivity contribution < 1.29 is 4.42 Å². The van der Waals surface area contributed by atoms with Crippen LogP contribution >= 0.6 is 0 Å². The van der Waals surface area contributed by atoms with Crippen molar-refractivity contribution in [3.8, 4) is 11.6 Å². The van der Waals surface area contributed by atoms with E-state index in [-0.39, 0.29) is 5.56 Å². The third-order valence-electron chi connectivity index (χ3n) is 1.91. The largest absolute Gasteiger partial charge is 0.461 e. The van der Waals surface area contributed by atoms with E-state index >= 15 is 0 Å². The molecule has 1 N–H and O–H groups in total. The van der Waals surface area contributed by atoms with E-state index in [9.17, 15) is 4.79 Å². The lowest BCUT2D eigenvalue weighted by atomic mass is 10.3. The zero-order valence-electron chi connectivity index (χ0n) is 7.78. The Morgan fingerprint density at radius 2 is 2.43 bits per heavy atom. The lowest BCUT2D eigenvalue weighted by molar-refractivity contribution is 0.576. The molecule has 0 fully saturated rings. The van der Waals surface area contributed by atoms with Gasteiger partial charge in [0.25, 0.3) is 5.56 Å². The van der Waals surface area contributed by atoms with E-state index in [4.69, 9.17) is 4.42 Å². The molecule has 0 aliphatic carbocycles. The van der Waals surface area contributed by atoms with E-state index in [2.05, 4.69) is 9.97 Å². The SMILES string of the molecule is CCc1cc(=O)[nH]c(-c2ccco2)n1. The van der Waals surface area contributed by atoms with Crippen LogP contribution in [0.3, 0.4) is 0 Å². The molecule has 0 unspecified atom stereocenters. The predicted octanol–water partition coefficient (Wildman–Crippen LogP) is 1.59. The molecule has 2 heterocycles. The number of aryl methyl sites for hydroxylation is 1. The minimum absolute atomic E-state index is 0.150. The summed E-state index contributed by atoms with van der Waals surface area (Å²) >= 11 is 0. The Labute approximate surface area is 80.6 Å². The quantitative estimate of drug-likeness (QED) is 0.782. The summed E-state index contributed by atoms with van der Waals surface area (Å²) in [4.78, 5) is 18.1. The molecule has 0 amide bonds. The summed E-state index contributed by atoms with van der Waals surface area (Å²) < 4.78 is 5.14. The number of nitrogens with zero attached hydrogens (tertiary/aromatic N) is 1. The molecular weight excluding hydrogens is 180 g/mol. The lowest BCUT2D eigenvalue weighted by Gasteiger charge is -1.98. The normalized spacial score (nSPS) is 10.4. The molecule has 0 atom stereocenters. The zero-order chi connectivity index (χ0) is 9.97. The summed E-state index contributed by atoms with van der Waals surface area (Å²) in [7, 11) is 0. The van der Waals surface area contributed by atoms with Crippen LogP contribution in [0.1, 0.15) is 12.6 Å². The number of nitrogens with one attached hydrogen (secondary N) is 1. The molecular formula is C10H10N2O2. The van der Waals surface area contributed by atoms with Crippen LogP contribution in [0, 0.1) is 0 Å². The van der Waals surface area contributed by atoms with E-state index in [1.54, 1.807) is 18.4 Å². The zero-order valence-corrected chi connectivity index (χ0v) is 7.78. The van der Waals surface area contributed by atoms with Gasteiger partial charge >= 0.3 is 0 Å². The maximum absolute atomic E-state index is 11.2. The van der Waals surface area contributed by atoms with Crippen LogP contribution in [-0.4, -0.2) is 9.97 Å². The van der Waals surface area contributed by atoms with E-state index < -0.39 is 0 Å². The molecule has 0 saturated carbocycles. The number of hydrogen-bond acceptors (Lipinski definition) is 3. The molecule has 4 nitrogen and oxygen atoms in total. The molecule has 2 aromatic heterocycles. The van der Waals surface area contributed by atoms with Gasteiger partial charge in [0.2, 0.25) is 0 Å². The third-order valence-corrected chi connectivity index (χ3v) is 1.91. The highest BCUT2D eigenvalue weighted by Crippen LogP contribution is 2.13. The van der Waals surface area contributed by atoms with Gasteiger partial charge in [-0.3, -0.25) is 4.79 Å². The minimum Gasteiger partial charge on any atom is -0.461 e. The van der Waals surface area contributed by atoms with Crippen molar-refractivity contribution in [1.82, 2.24) is 9.97 Å². The topological polar surface area (TPSA) is 58.9 Å². The Morgan fingerprint density at radius 1 is 1.57 bits per heavy atom. The highest BCUT2D eigenvalue weighted by atomic mass is 16.3. The van der Waals surface area contributed by atoms with Gasteiger partial charge in [0.1, 0.15) is 0 Å². The minimum atomic E-state index is -0.150. The van der Waals surface area contributed by atoms with Gasteiger partial charge in [-0.1, -0.05) is 6.92 Å². The number of aromatic nitrogens is 2. The number of rotatable bonds is 2. The van der Waals surface area contributed by atoms with Crippen LogP contribution in [0.4, 0.5) is 0 Å². The van der Waals surface area contributed by atoms with E-state index in [1.165, 1.54) is 6.07 Å². The molecule has 2 aromatic rings. The average Bonchev–Trinajstić information content (AvgIpc) is 2.69. The second-order valence-corrected chi connectivity index (χ2v) is 2.92. The molecule has 2 rings (SSSR count). The Balaban J connectivity index is 2.54. The molecule has 14 heavy (non-hydrogen) atoms. The highest BCUT2D eigenvalue weighted by molar-refractivity contribution is 5.45. The van der Waals surface area contributed by atoms with Crippen molar-refractivity contribution in [3.63, 3.8) is 0 Å². The van der Waals surface area contributed by atoms with Crippen molar-refractivity contribution >= 4 is 0 Å².